The number of hydrogen-bond acceptors (Lipinski definition) is 5. The summed E-state index contributed by atoms with van der Waals surface area (Å²) in [6.45, 7) is 3.76. The maximum atomic E-state index is 10.7. The Labute approximate surface area is 122 Å². The molecule has 0 unspecified atom stereocenters. The molecule has 0 saturated heterocycles. The Hall–Kier alpha value is -2.47. The zero-order valence-electron chi connectivity index (χ0n) is 11.8. The fourth-order valence-corrected chi connectivity index (χ4v) is 1.82. The Bertz CT molecular complexity index is 617. The van der Waals surface area contributed by atoms with Gasteiger partial charge >= 0.3 is 0 Å². The highest BCUT2D eigenvalue weighted by atomic mass is 16.6. The number of benzene rings is 1. The summed E-state index contributed by atoms with van der Waals surface area (Å²) in [6, 6.07) is 7.95. The van der Waals surface area contributed by atoms with Crippen LogP contribution in [0.3, 0.4) is 0 Å². The molecule has 1 aromatic heterocycles. The first kappa shape index (κ1) is 14.9. The Kier molecular flexibility index (Phi) is 5.22. The minimum Gasteiger partial charge on any atom is -0.455 e. The average Bonchev–Trinajstić information content (AvgIpc) is 2.48. The van der Waals surface area contributed by atoms with Crippen molar-refractivity contribution in [2.24, 2.45) is 0 Å². The number of hydrogen-bond donors (Lipinski definition) is 1. The Morgan fingerprint density at radius 3 is 2.90 bits per heavy atom. The summed E-state index contributed by atoms with van der Waals surface area (Å²) in [7, 11) is 0. The van der Waals surface area contributed by atoms with Gasteiger partial charge in [-0.1, -0.05) is 13.0 Å². The molecule has 0 fully saturated rings. The molecule has 1 heterocycles. The molecule has 0 radical (unpaired) electrons. The third-order valence-electron chi connectivity index (χ3n) is 2.79. The minimum atomic E-state index is -0.448. The Balaban J connectivity index is 2.07. The van der Waals surface area contributed by atoms with Crippen molar-refractivity contribution in [2.45, 2.75) is 19.9 Å². The molecule has 0 aliphatic heterocycles. The first-order chi connectivity index (χ1) is 10.2. The number of aromatic nitrogens is 1. The van der Waals surface area contributed by atoms with Crippen LogP contribution >= 0.6 is 0 Å². The number of pyridine rings is 1. The predicted molar refractivity (Wildman–Crippen MR) is 79.4 cm³/mol. The number of ether oxygens (including phenoxy) is 1. The normalized spacial score (nSPS) is 10.3. The van der Waals surface area contributed by atoms with Crippen molar-refractivity contribution in [2.75, 3.05) is 6.54 Å². The highest BCUT2D eigenvalue weighted by Gasteiger charge is 2.07. The predicted octanol–water partition coefficient (Wildman–Crippen LogP) is 3.28. The number of nitro groups is 1. The molecule has 110 valence electrons. The first-order valence-electron chi connectivity index (χ1n) is 6.76. The smallest absolute Gasteiger partial charge is 0.273 e. The maximum absolute atomic E-state index is 10.7. The molecule has 21 heavy (non-hydrogen) atoms. The fraction of sp³-hybridized carbons (Fsp3) is 0.267. The Morgan fingerprint density at radius 2 is 2.14 bits per heavy atom. The molecule has 0 aliphatic rings. The van der Waals surface area contributed by atoms with Crippen molar-refractivity contribution in [3.8, 4) is 11.5 Å². The summed E-state index contributed by atoms with van der Waals surface area (Å²) in [5.41, 5.74) is 1.01. The van der Waals surface area contributed by atoms with Gasteiger partial charge in [-0.2, -0.15) is 0 Å². The van der Waals surface area contributed by atoms with Crippen molar-refractivity contribution >= 4 is 5.69 Å². The summed E-state index contributed by atoms with van der Waals surface area (Å²) < 4.78 is 5.62. The zero-order valence-corrected chi connectivity index (χ0v) is 11.8. The molecule has 6 heteroatoms. The standard InChI is InChI=1S/C15H17N3O3/c1-2-6-16-9-12-7-15(11-17-10-12)21-14-5-3-4-13(8-14)18(19)20/h3-5,7-8,10-11,16H,2,6,9H2,1H3. The van der Waals surface area contributed by atoms with Gasteiger partial charge in [-0.3, -0.25) is 15.1 Å². The molecule has 0 atom stereocenters. The zero-order chi connectivity index (χ0) is 15.1. The van der Waals surface area contributed by atoms with Crippen LogP contribution < -0.4 is 10.1 Å². The molecule has 1 aromatic carbocycles. The van der Waals surface area contributed by atoms with Crippen molar-refractivity contribution in [3.05, 3.63) is 58.4 Å². The van der Waals surface area contributed by atoms with Crippen LogP contribution in [0, 0.1) is 10.1 Å². The summed E-state index contributed by atoms with van der Waals surface area (Å²) in [5.74, 6) is 0.982. The van der Waals surface area contributed by atoms with E-state index in [1.165, 1.54) is 12.1 Å². The maximum Gasteiger partial charge on any atom is 0.273 e. The number of nitrogens with zero attached hydrogens (tertiary/aromatic N) is 2. The molecule has 0 aliphatic carbocycles. The number of nitrogens with one attached hydrogen (secondary N) is 1. The van der Waals surface area contributed by atoms with Gasteiger partial charge in [-0.15, -0.1) is 0 Å². The molecule has 6 nitrogen and oxygen atoms in total. The van der Waals surface area contributed by atoms with E-state index in [1.54, 1.807) is 24.5 Å². The van der Waals surface area contributed by atoms with E-state index in [-0.39, 0.29) is 5.69 Å². The summed E-state index contributed by atoms with van der Waals surface area (Å²) >= 11 is 0. The minimum absolute atomic E-state index is 0.00114. The van der Waals surface area contributed by atoms with E-state index in [0.29, 0.717) is 18.0 Å². The van der Waals surface area contributed by atoms with E-state index in [0.717, 1.165) is 18.5 Å². The first-order valence-corrected chi connectivity index (χ1v) is 6.76. The second-order valence-corrected chi connectivity index (χ2v) is 4.56. The fourth-order valence-electron chi connectivity index (χ4n) is 1.82. The third-order valence-corrected chi connectivity index (χ3v) is 2.79. The van der Waals surface area contributed by atoms with Crippen LogP contribution in [0.15, 0.2) is 42.7 Å². The lowest BCUT2D eigenvalue weighted by atomic mass is 10.2. The lowest BCUT2D eigenvalue weighted by Gasteiger charge is -2.07. The summed E-state index contributed by atoms with van der Waals surface area (Å²) in [6.07, 6.45) is 4.42. The van der Waals surface area contributed by atoms with E-state index in [9.17, 15) is 10.1 Å². The number of nitro benzene ring substituents is 1. The van der Waals surface area contributed by atoms with E-state index < -0.39 is 4.92 Å². The van der Waals surface area contributed by atoms with Crippen LogP contribution in [-0.4, -0.2) is 16.5 Å². The molecule has 0 bridgehead atoms. The van der Waals surface area contributed by atoms with Crippen molar-refractivity contribution in [1.82, 2.24) is 10.3 Å². The van der Waals surface area contributed by atoms with Crippen molar-refractivity contribution in [1.29, 1.82) is 0 Å². The van der Waals surface area contributed by atoms with Gasteiger partial charge < -0.3 is 10.1 Å². The molecular formula is C15H17N3O3. The van der Waals surface area contributed by atoms with E-state index in [4.69, 9.17) is 4.74 Å². The Morgan fingerprint density at radius 1 is 1.29 bits per heavy atom. The van der Waals surface area contributed by atoms with Crippen LogP contribution in [0.4, 0.5) is 5.69 Å². The van der Waals surface area contributed by atoms with Crippen LogP contribution in [0.25, 0.3) is 0 Å². The second kappa shape index (κ2) is 7.35. The van der Waals surface area contributed by atoms with Crippen molar-refractivity contribution < 1.29 is 9.66 Å². The molecule has 2 rings (SSSR count). The van der Waals surface area contributed by atoms with Gasteiger partial charge in [0.05, 0.1) is 17.2 Å². The highest BCUT2D eigenvalue weighted by Crippen LogP contribution is 2.25. The van der Waals surface area contributed by atoms with E-state index >= 15 is 0 Å². The van der Waals surface area contributed by atoms with Crippen LogP contribution in [0.1, 0.15) is 18.9 Å². The lowest BCUT2D eigenvalue weighted by molar-refractivity contribution is -0.384. The molecule has 0 saturated carbocycles. The monoisotopic (exact) mass is 287 g/mol. The molecule has 0 spiro atoms. The van der Waals surface area contributed by atoms with Crippen LogP contribution in [-0.2, 0) is 6.54 Å². The highest BCUT2D eigenvalue weighted by molar-refractivity contribution is 5.40. The lowest BCUT2D eigenvalue weighted by Crippen LogP contribution is -2.13. The summed E-state index contributed by atoms with van der Waals surface area (Å²) in [4.78, 5) is 14.4. The molecule has 0 amide bonds. The van der Waals surface area contributed by atoms with Crippen molar-refractivity contribution in [3.63, 3.8) is 0 Å². The topological polar surface area (TPSA) is 77.3 Å². The van der Waals surface area contributed by atoms with Gasteiger partial charge in [0.15, 0.2) is 0 Å². The van der Waals surface area contributed by atoms with Gasteiger partial charge in [0.2, 0.25) is 0 Å². The number of non-ortho nitro benzene ring substituents is 1. The van der Waals surface area contributed by atoms with Gasteiger partial charge in [0.1, 0.15) is 11.5 Å². The average molecular weight is 287 g/mol. The largest absolute Gasteiger partial charge is 0.455 e. The molecule has 2 aromatic rings. The summed E-state index contributed by atoms with van der Waals surface area (Å²) in [5, 5.41) is 14.0. The SMILES string of the molecule is CCCNCc1cncc(Oc2cccc([N+](=O)[O-])c2)c1. The van der Waals surface area contributed by atoms with E-state index in [1.807, 2.05) is 6.07 Å². The third kappa shape index (κ3) is 4.54. The van der Waals surface area contributed by atoms with Gasteiger partial charge in [0.25, 0.3) is 5.69 Å². The second-order valence-electron chi connectivity index (χ2n) is 4.56. The van der Waals surface area contributed by atoms with Gasteiger partial charge in [0, 0.05) is 18.8 Å². The van der Waals surface area contributed by atoms with Gasteiger partial charge in [-0.05, 0) is 30.7 Å². The quantitative estimate of drug-likeness (QED) is 0.480. The molecular weight excluding hydrogens is 270 g/mol. The van der Waals surface area contributed by atoms with Gasteiger partial charge in [-0.25, -0.2) is 0 Å². The number of rotatable bonds is 7. The van der Waals surface area contributed by atoms with Crippen LogP contribution in [0.5, 0.6) is 11.5 Å². The van der Waals surface area contributed by atoms with E-state index in [2.05, 4.69) is 17.2 Å². The van der Waals surface area contributed by atoms with Crippen LogP contribution in [0.2, 0.25) is 0 Å². The molecule has 1 N–H and O–H groups in total.